The molecule has 44 heavy (non-hydrogen) atoms. The highest BCUT2D eigenvalue weighted by Crippen LogP contribution is 2.25. The van der Waals surface area contributed by atoms with Gasteiger partial charge in [-0.15, -0.1) is 0 Å². The molecule has 3 aromatic heterocycles. The van der Waals surface area contributed by atoms with Gasteiger partial charge in [0, 0.05) is 46.2 Å². The fourth-order valence-corrected chi connectivity index (χ4v) is 4.28. The number of nitrogens with zero attached hydrogens (tertiary/aromatic N) is 5. The molecule has 0 aliphatic rings. The van der Waals surface area contributed by atoms with Crippen molar-refractivity contribution in [2.45, 2.75) is 45.3 Å². The highest BCUT2D eigenvalue weighted by Gasteiger charge is 2.28. The standard InChI is InChI=1S/C28H33F4N7O5/c1-16-9-10-20(34-25(41)17(14-38(4)27(43)44)7-5-6-8-22(40)37(2)3)26(42)39(16)15-21-35-23-18(29)13-33-19(24(23)36-21)11-12-28(30,31)32/h6,8-10,13,17H,5,7,11-12,14-15H2,1-4H3,(H,34,41)(H,35,36)(H,43,44)/b8-6+/t17-/m0/s1. The normalized spacial score (nSPS) is 12.5. The fourth-order valence-electron chi connectivity index (χ4n) is 4.28. The Bertz CT molecular complexity index is 1610. The van der Waals surface area contributed by atoms with Gasteiger partial charge in [-0.3, -0.25) is 19.4 Å². The largest absolute Gasteiger partial charge is 0.465 e. The zero-order chi connectivity index (χ0) is 32.8. The number of hydrogen-bond donors (Lipinski definition) is 3. The number of carboxylic acid groups (broad SMARTS) is 1. The van der Waals surface area contributed by atoms with E-state index in [0.29, 0.717) is 5.69 Å². The molecule has 3 N–H and O–H groups in total. The van der Waals surface area contributed by atoms with Gasteiger partial charge in [-0.1, -0.05) is 6.08 Å². The molecule has 12 nitrogen and oxygen atoms in total. The summed E-state index contributed by atoms with van der Waals surface area (Å²) >= 11 is 0. The van der Waals surface area contributed by atoms with Crippen LogP contribution in [0, 0.1) is 18.7 Å². The van der Waals surface area contributed by atoms with Gasteiger partial charge < -0.3 is 29.8 Å². The molecule has 3 amide bonds. The van der Waals surface area contributed by atoms with Crippen LogP contribution >= 0.6 is 0 Å². The molecule has 0 aliphatic carbocycles. The van der Waals surface area contributed by atoms with Crippen LogP contribution in [0.1, 0.15) is 36.5 Å². The monoisotopic (exact) mass is 623 g/mol. The first-order chi connectivity index (χ1) is 20.6. The van der Waals surface area contributed by atoms with E-state index in [1.54, 1.807) is 33.2 Å². The third kappa shape index (κ3) is 8.87. The Balaban J connectivity index is 1.84. The minimum Gasteiger partial charge on any atom is -0.465 e. The molecular weight excluding hydrogens is 590 g/mol. The van der Waals surface area contributed by atoms with Crippen LogP contribution in [0.15, 0.2) is 35.3 Å². The molecule has 0 bridgehead atoms. The summed E-state index contributed by atoms with van der Waals surface area (Å²) in [7, 11) is 4.46. The second kappa shape index (κ2) is 14.1. The van der Waals surface area contributed by atoms with E-state index in [2.05, 4.69) is 20.3 Å². The SMILES string of the molecule is Cc1ccc(NC(=O)[C@@H](CC/C=C/C(=O)N(C)C)CN(C)C(=O)O)c(=O)n1Cc1nc2c(F)cnc(CCC(F)(F)F)c2[nH]1. The highest BCUT2D eigenvalue weighted by molar-refractivity contribution is 5.92. The molecule has 0 saturated heterocycles. The Labute approximate surface area is 249 Å². The number of likely N-dealkylation sites (N-methyl/N-ethyl adjacent to an activating group) is 1. The Morgan fingerprint density at radius 2 is 1.91 bits per heavy atom. The lowest BCUT2D eigenvalue weighted by atomic mass is 10.0. The van der Waals surface area contributed by atoms with Crippen LogP contribution in [0.5, 0.6) is 0 Å². The molecule has 0 saturated carbocycles. The van der Waals surface area contributed by atoms with Crippen molar-refractivity contribution in [3.05, 3.63) is 63.9 Å². The van der Waals surface area contributed by atoms with E-state index in [-0.39, 0.29) is 60.1 Å². The van der Waals surface area contributed by atoms with Gasteiger partial charge in [0.15, 0.2) is 5.82 Å². The maximum atomic E-state index is 14.4. The number of rotatable bonds is 12. The first-order valence-electron chi connectivity index (χ1n) is 13.5. The number of hydrogen-bond acceptors (Lipinski definition) is 6. The summed E-state index contributed by atoms with van der Waals surface area (Å²) in [4.78, 5) is 62.8. The lowest BCUT2D eigenvalue weighted by molar-refractivity contribution is -0.134. The number of carbonyl (C=O) groups is 3. The Morgan fingerprint density at radius 3 is 2.55 bits per heavy atom. The second-order valence-corrected chi connectivity index (χ2v) is 10.4. The molecule has 0 aromatic carbocycles. The summed E-state index contributed by atoms with van der Waals surface area (Å²) < 4.78 is 54.0. The molecule has 0 fully saturated rings. The summed E-state index contributed by atoms with van der Waals surface area (Å²) in [5.74, 6) is -2.51. The molecule has 1 atom stereocenters. The maximum absolute atomic E-state index is 14.4. The maximum Gasteiger partial charge on any atom is 0.407 e. The number of aromatic nitrogens is 4. The van der Waals surface area contributed by atoms with Crippen LogP contribution in [-0.4, -0.2) is 86.2 Å². The third-order valence-electron chi connectivity index (χ3n) is 6.78. The number of imidazole rings is 1. The van der Waals surface area contributed by atoms with Crippen molar-refractivity contribution in [3.63, 3.8) is 0 Å². The molecule has 3 heterocycles. The molecule has 238 valence electrons. The minimum absolute atomic E-state index is 0.00821. The van der Waals surface area contributed by atoms with Crippen molar-refractivity contribution in [1.29, 1.82) is 0 Å². The van der Waals surface area contributed by atoms with E-state index in [1.165, 1.54) is 28.7 Å². The summed E-state index contributed by atoms with van der Waals surface area (Å²) in [6.45, 7) is 1.21. The number of amides is 3. The molecule has 3 rings (SSSR count). The number of aromatic amines is 1. The van der Waals surface area contributed by atoms with Gasteiger partial charge >= 0.3 is 12.3 Å². The number of H-pyrrole nitrogens is 1. The van der Waals surface area contributed by atoms with Gasteiger partial charge in [0.2, 0.25) is 11.8 Å². The van der Waals surface area contributed by atoms with Gasteiger partial charge in [0.05, 0.1) is 29.9 Å². The number of pyridine rings is 2. The lowest BCUT2D eigenvalue weighted by Gasteiger charge is -2.21. The number of allylic oxidation sites excluding steroid dienone is 1. The number of fused-ring (bicyclic) bond motifs is 1. The predicted molar refractivity (Wildman–Crippen MR) is 153 cm³/mol. The molecular formula is C28H33F4N7O5. The average molecular weight is 624 g/mol. The summed E-state index contributed by atoms with van der Waals surface area (Å²) in [6, 6.07) is 2.93. The number of alkyl halides is 3. The van der Waals surface area contributed by atoms with Crippen LogP contribution in [-0.2, 0) is 22.6 Å². The van der Waals surface area contributed by atoms with E-state index < -0.39 is 48.3 Å². The van der Waals surface area contributed by atoms with Crippen LogP contribution < -0.4 is 10.9 Å². The number of carbonyl (C=O) groups excluding carboxylic acids is 2. The van der Waals surface area contributed by atoms with E-state index in [9.17, 15) is 41.8 Å². The molecule has 0 unspecified atom stereocenters. The number of halogens is 4. The van der Waals surface area contributed by atoms with Crippen molar-refractivity contribution in [3.8, 4) is 0 Å². The zero-order valence-electron chi connectivity index (χ0n) is 24.5. The van der Waals surface area contributed by atoms with Gasteiger partial charge in [0.1, 0.15) is 17.0 Å². The van der Waals surface area contributed by atoms with Crippen LogP contribution in [0.2, 0.25) is 0 Å². The van der Waals surface area contributed by atoms with E-state index in [0.717, 1.165) is 11.1 Å². The van der Waals surface area contributed by atoms with Gasteiger partial charge in [-0.25, -0.2) is 14.2 Å². The minimum atomic E-state index is -4.44. The van der Waals surface area contributed by atoms with Crippen LogP contribution in [0.4, 0.5) is 28.0 Å². The topological polar surface area (TPSA) is 154 Å². The Morgan fingerprint density at radius 1 is 1.20 bits per heavy atom. The van der Waals surface area contributed by atoms with Crippen molar-refractivity contribution < 1.29 is 37.1 Å². The third-order valence-corrected chi connectivity index (χ3v) is 6.78. The van der Waals surface area contributed by atoms with E-state index >= 15 is 0 Å². The highest BCUT2D eigenvalue weighted by atomic mass is 19.4. The number of nitrogens with one attached hydrogen (secondary N) is 2. The molecule has 0 aliphatic heterocycles. The van der Waals surface area contributed by atoms with Crippen LogP contribution in [0.25, 0.3) is 11.0 Å². The van der Waals surface area contributed by atoms with E-state index in [4.69, 9.17) is 0 Å². The van der Waals surface area contributed by atoms with Gasteiger partial charge in [-0.2, -0.15) is 13.2 Å². The van der Waals surface area contributed by atoms with E-state index in [1.807, 2.05) is 0 Å². The molecule has 16 heteroatoms. The smallest absolute Gasteiger partial charge is 0.407 e. The summed E-state index contributed by atoms with van der Waals surface area (Å²) in [5, 5.41) is 11.9. The van der Waals surface area contributed by atoms with Crippen molar-refractivity contribution >= 4 is 34.6 Å². The van der Waals surface area contributed by atoms with Crippen molar-refractivity contribution in [2.75, 3.05) is 33.0 Å². The molecule has 0 spiro atoms. The first-order valence-corrected chi connectivity index (χ1v) is 13.5. The fraction of sp³-hybridized carbons (Fsp3) is 0.429. The predicted octanol–water partition coefficient (Wildman–Crippen LogP) is 3.70. The Hall–Kier alpha value is -4.76. The summed E-state index contributed by atoms with van der Waals surface area (Å²) in [6.07, 6.45) is -3.19. The average Bonchev–Trinajstić information content (AvgIpc) is 3.37. The van der Waals surface area contributed by atoms with Gasteiger partial charge in [0.25, 0.3) is 5.56 Å². The molecule has 3 aromatic rings. The first kappa shape index (κ1) is 33.7. The van der Waals surface area contributed by atoms with Crippen molar-refractivity contribution in [1.82, 2.24) is 29.3 Å². The van der Waals surface area contributed by atoms with Crippen molar-refractivity contribution in [2.24, 2.45) is 5.92 Å². The zero-order valence-corrected chi connectivity index (χ0v) is 24.5. The summed E-state index contributed by atoms with van der Waals surface area (Å²) in [5.41, 5.74) is -0.559. The number of anilines is 1. The number of aryl methyl sites for hydroxylation is 2. The Kier molecular flexibility index (Phi) is 10.8. The van der Waals surface area contributed by atoms with Gasteiger partial charge in [-0.05, 0) is 38.0 Å². The molecule has 0 radical (unpaired) electrons. The van der Waals surface area contributed by atoms with Crippen LogP contribution in [0.3, 0.4) is 0 Å². The quantitative estimate of drug-likeness (QED) is 0.205. The lowest BCUT2D eigenvalue weighted by Crippen LogP contribution is -2.37. The second-order valence-electron chi connectivity index (χ2n) is 10.4.